The summed E-state index contributed by atoms with van der Waals surface area (Å²) < 4.78 is 2.24. The molecule has 2 amide bonds. The first-order chi connectivity index (χ1) is 21.1. The van der Waals surface area contributed by atoms with Gasteiger partial charge in [0.15, 0.2) is 0 Å². The molecule has 0 bridgehead atoms. The molecule has 2 atom stereocenters. The summed E-state index contributed by atoms with van der Waals surface area (Å²) in [5, 5.41) is 4.52. The summed E-state index contributed by atoms with van der Waals surface area (Å²) in [6.07, 6.45) is 13.4. The summed E-state index contributed by atoms with van der Waals surface area (Å²) in [5.74, 6) is -0.126. The summed E-state index contributed by atoms with van der Waals surface area (Å²) in [7, 11) is 2.10. The van der Waals surface area contributed by atoms with E-state index in [0.29, 0.717) is 5.56 Å². The Morgan fingerprint density at radius 3 is 2.05 bits per heavy atom. The Hall–Kier alpha value is -3.86. The molecule has 4 aromatic rings. The Kier molecular flexibility index (Phi) is 8.97. The number of nitrogens with zero attached hydrogens (tertiary/aromatic N) is 2. The summed E-state index contributed by atoms with van der Waals surface area (Å²) in [4.78, 5) is 30.1. The standard InChI is InChI=1S/C38H45N3O2/c1-27(37(42)39-29-21-13-8-6-4-3-5-7-9-14-22-29)41-36(30-23-15-16-24-31(30)38(41)43)34-32-25-17-18-26-33(32)40(2)35(34)28-19-11-10-12-20-28/h10-12,15-20,23-27,29,36H,3-9,13-14,21-22H2,1-2H3,(H,39,42). The Morgan fingerprint density at radius 1 is 0.767 bits per heavy atom. The Morgan fingerprint density at radius 2 is 1.35 bits per heavy atom. The van der Waals surface area contributed by atoms with Gasteiger partial charge in [-0.2, -0.15) is 0 Å². The van der Waals surface area contributed by atoms with Crippen LogP contribution in [-0.4, -0.2) is 33.4 Å². The second-order valence-electron chi connectivity index (χ2n) is 12.5. The lowest BCUT2D eigenvalue weighted by molar-refractivity contribution is -0.126. The summed E-state index contributed by atoms with van der Waals surface area (Å²) in [6.45, 7) is 1.91. The molecular formula is C38H45N3O2. The first-order valence-electron chi connectivity index (χ1n) is 16.4. The highest BCUT2D eigenvalue weighted by Crippen LogP contribution is 2.47. The van der Waals surface area contributed by atoms with Gasteiger partial charge in [0.1, 0.15) is 6.04 Å². The molecule has 1 aliphatic carbocycles. The van der Waals surface area contributed by atoms with Gasteiger partial charge in [-0.05, 0) is 43.0 Å². The molecule has 1 aromatic heterocycles. The van der Waals surface area contributed by atoms with Crippen LogP contribution in [0.4, 0.5) is 0 Å². The topological polar surface area (TPSA) is 54.3 Å². The quantitative estimate of drug-likeness (QED) is 0.259. The van der Waals surface area contributed by atoms with E-state index in [0.717, 1.165) is 59.0 Å². The lowest BCUT2D eigenvalue weighted by Crippen LogP contribution is -2.49. The van der Waals surface area contributed by atoms with Gasteiger partial charge in [0.2, 0.25) is 5.91 Å². The molecular weight excluding hydrogens is 530 g/mol. The van der Waals surface area contributed by atoms with Crippen LogP contribution in [-0.2, 0) is 11.8 Å². The van der Waals surface area contributed by atoms with E-state index in [2.05, 4.69) is 71.5 Å². The molecule has 6 rings (SSSR count). The van der Waals surface area contributed by atoms with E-state index in [1.807, 2.05) is 36.1 Å². The maximum Gasteiger partial charge on any atom is 0.255 e. The highest BCUT2D eigenvalue weighted by atomic mass is 16.2. The zero-order valence-electron chi connectivity index (χ0n) is 25.7. The minimum atomic E-state index is -0.617. The number of aryl methyl sites for hydroxylation is 1. The van der Waals surface area contributed by atoms with Crippen molar-refractivity contribution < 1.29 is 9.59 Å². The number of hydrogen-bond acceptors (Lipinski definition) is 2. The van der Waals surface area contributed by atoms with Crippen LogP contribution in [0.3, 0.4) is 0 Å². The van der Waals surface area contributed by atoms with Crippen molar-refractivity contribution in [3.8, 4) is 11.3 Å². The molecule has 43 heavy (non-hydrogen) atoms. The fourth-order valence-electron chi connectivity index (χ4n) is 7.43. The van der Waals surface area contributed by atoms with Gasteiger partial charge in [-0.25, -0.2) is 0 Å². The number of rotatable bonds is 5. The summed E-state index contributed by atoms with van der Waals surface area (Å²) in [5.41, 5.74) is 6.01. The lowest BCUT2D eigenvalue weighted by Gasteiger charge is -2.32. The highest BCUT2D eigenvalue weighted by molar-refractivity contribution is 6.04. The number of hydrogen-bond donors (Lipinski definition) is 1. The number of carbonyl (C=O) groups is 2. The fraction of sp³-hybridized carbons (Fsp3) is 0.421. The minimum Gasteiger partial charge on any atom is -0.352 e. The van der Waals surface area contributed by atoms with Gasteiger partial charge in [-0.1, -0.05) is 125 Å². The molecule has 1 aliphatic heterocycles. The zero-order valence-corrected chi connectivity index (χ0v) is 25.7. The van der Waals surface area contributed by atoms with E-state index in [1.54, 1.807) is 0 Å². The molecule has 0 saturated heterocycles. The Bertz CT molecular complexity index is 1560. The van der Waals surface area contributed by atoms with Crippen LogP contribution < -0.4 is 5.32 Å². The average Bonchev–Trinajstić information content (AvgIpc) is 3.48. The van der Waals surface area contributed by atoms with Crippen LogP contribution in [0.5, 0.6) is 0 Å². The van der Waals surface area contributed by atoms with Gasteiger partial charge in [-0.15, -0.1) is 0 Å². The largest absolute Gasteiger partial charge is 0.352 e. The number of fused-ring (bicyclic) bond motifs is 2. The van der Waals surface area contributed by atoms with Crippen LogP contribution in [0.25, 0.3) is 22.2 Å². The van der Waals surface area contributed by atoms with Gasteiger partial charge < -0.3 is 14.8 Å². The SMILES string of the molecule is CC(C(=O)NC1CCCCCCCCCCC1)N1C(=O)c2ccccc2C1c1c(-c2ccccc2)n(C)c2ccccc12. The number of benzene rings is 3. The van der Waals surface area contributed by atoms with E-state index in [9.17, 15) is 9.59 Å². The predicted octanol–water partition coefficient (Wildman–Crippen LogP) is 8.57. The normalized spacial score (nSPS) is 19.4. The van der Waals surface area contributed by atoms with Crippen molar-refractivity contribution in [3.05, 3.63) is 95.6 Å². The molecule has 1 saturated carbocycles. The maximum absolute atomic E-state index is 14.2. The third-order valence-corrected chi connectivity index (χ3v) is 9.71. The Labute approximate surface area is 256 Å². The van der Waals surface area contributed by atoms with Gasteiger partial charge in [-0.3, -0.25) is 9.59 Å². The first-order valence-corrected chi connectivity index (χ1v) is 16.4. The maximum atomic E-state index is 14.2. The number of amides is 2. The monoisotopic (exact) mass is 575 g/mol. The molecule has 224 valence electrons. The minimum absolute atomic E-state index is 0.0512. The van der Waals surface area contributed by atoms with Gasteiger partial charge >= 0.3 is 0 Å². The van der Waals surface area contributed by atoms with E-state index < -0.39 is 6.04 Å². The van der Waals surface area contributed by atoms with Crippen LogP contribution in [0.2, 0.25) is 0 Å². The third-order valence-electron chi connectivity index (χ3n) is 9.71. The number of aromatic nitrogens is 1. The molecule has 3 aromatic carbocycles. The van der Waals surface area contributed by atoms with Crippen molar-refractivity contribution in [1.82, 2.24) is 14.8 Å². The van der Waals surface area contributed by atoms with Crippen molar-refractivity contribution in [2.24, 2.45) is 7.05 Å². The van der Waals surface area contributed by atoms with Crippen molar-refractivity contribution in [2.75, 3.05) is 0 Å². The molecule has 2 unspecified atom stereocenters. The third kappa shape index (κ3) is 5.87. The second kappa shape index (κ2) is 13.2. The van der Waals surface area contributed by atoms with E-state index in [4.69, 9.17) is 0 Å². The fourth-order valence-corrected chi connectivity index (χ4v) is 7.43. The summed E-state index contributed by atoms with van der Waals surface area (Å²) >= 11 is 0. The van der Waals surface area contributed by atoms with Gasteiger partial charge in [0, 0.05) is 35.1 Å². The van der Waals surface area contributed by atoms with Crippen LogP contribution in [0.15, 0.2) is 78.9 Å². The second-order valence-corrected chi connectivity index (χ2v) is 12.5. The van der Waals surface area contributed by atoms with Gasteiger partial charge in [0.05, 0.1) is 11.7 Å². The van der Waals surface area contributed by atoms with Crippen LogP contribution in [0, 0.1) is 0 Å². The Balaban J connectivity index is 1.38. The molecule has 2 heterocycles. The van der Waals surface area contributed by atoms with Crippen LogP contribution in [0.1, 0.15) is 105 Å². The van der Waals surface area contributed by atoms with Crippen molar-refractivity contribution in [2.45, 2.75) is 95.7 Å². The van der Waals surface area contributed by atoms with E-state index >= 15 is 0 Å². The molecule has 5 nitrogen and oxygen atoms in total. The van der Waals surface area contributed by atoms with Crippen molar-refractivity contribution >= 4 is 22.7 Å². The molecule has 5 heteroatoms. The average molecular weight is 576 g/mol. The highest BCUT2D eigenvalue weighted by Gasteiger charge is 2.44. The zero-order chi connectivity index (χ0) is 29.8. The molecule has 0 radical (unpaired) electrons. The summed E-state index contributed by atoms with van der Waals surface area (Å²) in [6, 6.07) is 25.9. The lowest BCUT2D eigenvalue weighted by atomic mass is 9.92. The van der Waals surface area contributed by atoms with Crippen molar-refractivity contribution in [1.29, 1.82) is 0 Å². The van der Waals surface area contributed by atoms with E-state index in [1.165, 1.54) is 44.9 Å². The molecule has 2 aliphatic rings. The molecule has 1 N–H and O–H groups in total. The molecule has 0 spiro atoms. The number of para-hydroxylation sites is 1. The van der Waals surface area contributed by atoms with Crippen LogP contribution >= 0.6 is 0 Å². The molecule has 1 fully saturated rings. The van der Waals surface area contributed by atoms with Gasteiger partial charge in [0.25, 0.3) is 5.91 Å². The first kappa shape index (κ1) is 29.2. The smallest absolute Gasteiger partial charge is 0.255 e. The number of nitrogens with one attached hydrogen (secondary N) is 1. The van der Waals surface area contributed by atoms with Crippen molar-refractivity contribution in [3.63, 3.8) is 0 Å². The number of carbonyl (C=O) groups excluding carboxylic acids is 2. The predicted molar refractivity (Wildman–Crippen MR) is 175 cm³/mol. The van der Waals surface area contributed by atoms with E-state index in [-0.39, 0.29) is 23.9 Å².